The van der Waals surface area contributed by atoms with E-state index in [1.807, 2.05) is 29.3 Å². The molecule has 2 saturated heterocycles. The molecule has 0 N–H and O–H groups in total. The molecule has 0 unspecified atom stereocenters. The second kappa shape index (κ2) is 11.0. The largest absolute Gasteiger partial charge is 0.306 e. The van der Waals surface area contributed by atoms with Crippen molar-refractivity contribution in [2.75, 3.05) is 46.3 Å². The fourth-order valence-electron chi connectivity index (χ4n) is 5.10. The van der Waals surface area contributed by atoms with E-state index in [0.29, 0.717) is 0 Å². The molecular weight excluding hydrogens is 372 g/mol. The number of rotatable bonds is 9. The van der Waals surface area contributed by atoms with Crippen molar-refractivity contribution < 1.29 is 0 Å². The van der Waals surface area contributed by atoms with Gasteiger partial charge < -0.3 is 9.80 Å². The summed E-state index contributed by atoms with van der Waals surface area (Å²) in [5.41, 5.74) is 1.37. The molecule has 4 heterocycles. The zero-order chi connectivity index (χ0) is 20.6. The SMILES string of the molecule is CN1CCC(N2CCC(CN(CCCn3cccn3)Cc3ccncc3)CC2)CC1. The van der Waals surface area contributed by atoms with E-state index in [9.17, 15) is 0 Å². The van der Waals surface area contributed by atoms with Gasteiger partial charge in [-0.3, -0.25) is 14.6 Å². The summed E-state index contributed by atoms with van der Waals surface area (Å²) in [6.45, 7) is 9.46. The average molecular weight is 411 g/mol. The van der Waals surface area contributed by atoms with Crippen LogP contribution in [0.1, 0.15) is 37.7 Å². The van der Waals surface area contributed by atoms with Gasteiger partial charge in [0.2, 0.25) is 0 Å². The third kappa shape index (κ3) is 6.37. The van der Waals surface area contributed by atoms with E-state index in [1.54, 1.807) is 0 Å². The molecule has 0 saturated carbocycles. The molecule has 0 bridgehead atoms. The minimum Gasteiger partial charge on any atom is -0.306 e. The molecule has 0 aliphatic carbocycles. The molecule has 2 aromatic rings. The van der Waals surface area contributed by atoms with Gasteiger partial charge in [0.05, 0.1) is 0 Å². The van der Waals surface area contributed by atoms with Crippen LogP contribution >= 0.6 is 0 Å². The fourth-order valence-corrected chi connectivity index (χ4v) is 5.10. The van der Waals surface area contributed by atoms with Crippen molar-refractivity contribution in [3.05, 3.63) is 48.5 Å². The number of nitrogens with zero attached hydrogens (tertiary/aromatic N) is 6. The number of likely N-dealkylation sites (tertiary alicyclic amines) is 2. The molecule has 0 aromatic carbocycles. The predicted molar refractivity (Wildman–Crippen MR) is 121 cm³/mol. The first kappa shape index (κ1) is 21.5. The molecule has 0 amide bonds. The topological polar surface area (TPSA) is 40.4 Å². The highest BCUT2D eigenvalue weighted by Gasteiger charge is 2.28. The van der Waals surface area contributed by atoms with Crippen LogP contribution in [-0.4, -0.2) is 81.8 Å². The molecule has 6 heteroatoms. The Bertz CT molecular complexity index is 703. The van der Waals surface area contributed by atoms with Crippen LogP contribution in [-0.2, 0) is 13.1 Å². The van der Waals surface area contributed by atoms with Gasteiger partial charge in [-0.1, -0.05) is 0 Å². The van der Waals surface area contributed by atoms with E-state index < -0.39 is 0 Å². The quantitative estimate of drug-likeness (QED) is 0.636. The molecule has 0 radical (unpaired) electrons. The molecule has 0 spiro atoms. The molecule has 2 aliphatic rings. The lowest BCUT2D eigenvalue weighted by Gasteiger charge is -2.42. The van der Waals surface area contributed by atoms with Crippen LogP contribution in [0.5, 0.6) is 0 Å². The second-order valence-corrected chi connectivity index (χ2v) is 9.23. The Balaban J connectivity index is 1.26. The van der Waals surface area contributed by atoms with Crippen molar-refractivity contribution in [1.29, 1.82) is 0 Å². The van der Waals surface area contributed by atoms with Crippen molar-refractivity contribution in [2.45, 2.75) is 51.2 Å². The number of aryl methyl sites for hydroxylation is 1. The summed E-state index contributed by atoms with van der Waals surface area (Å²) < 4.78 is 2.05. The van der Waals surface area contributed by atoms with Crippen molar-refractivity contribution in [3.8, 4) is 0 Å². The maximum Gasteiger partial charge on any atom is 0.0489 e. The van der Waals surface area contributed by atoms with Gasteiger partial charge in [-0.05, 0) is 95.0 Å². The summed E-state index contributed by atoms with van der Waals surface area (Å²) in [6, 6.07) is 7.14. The maximum atomic E-state index is 4.35. The number of pyridine rings is 1. The second-order valence-electron chi connectivity index (χ2n) is 9.23. The molecule has 0 atom stereocenters. The molecule has 30 heavy (non-hydrogen) atoms. The van der Waals surface area contributed by atoms with E-state index in [1.165, 1.54) is 64.0 Å². The highest BCUT2D eigenvalue weighted by atomic mass is 15.3. The highest BCUT2D eigenvalue weighted by Crippen LogP contribution is 2.24. The van der Waals surface area contributed by atoms with E-state index >= 15 is 0 Å². The van der Waals surface area contributed by atoms with Gasteiger partial charge in [-0.15, -0.1) is 0 Å². The molecule has 6 nitrogen and oxygen atoms in total. The number of piperidine rings is 2. The maximum absolute atomic E-state index is 4.35. The number of hydrogen-bond acceptors (Lipinski definition) is 5. The minimum atomic E-state index is 0.819. The molecule has 164 valence electrons. The van der Waals surface area contributed by atoms with E-state index in [0.717, 1.165) is 38.0 Å². The van der Waals surface area contributed by atoms with Gasteiger partial charge in [-0.2, -0.15) is 5.10 Å². The molecule has 2 fully saturated rings. The van der Waals surface area contributed by atoms with Crippen molar-refractivity contribution in [2.24, 2.45) is 5.92 Å². The summed E-state index contributed by atoms with van der Waals surface area (Å²) in [7, 11) is 2.26. The third-order valence-electron chi connectivity index (χ3n) is 6.95. The molecular formula is C24H38N6. The lowest BCUT2D eigenvalue weighted by molar-refractivity contribution is 0.0735. The van der Waals surface area contributed by atoms with Gasteiger partial charge in [-0.25, -0.2) is 0 Å². The van der Waals surface area contributed by atoms with Crippen LogP contribution < -0.4 is 0 Å². The molecule has 4 rings (SSSR count). The Morgan fingerprint density at radius 1 is 1.00 bits per heavy atom. The zero-order valence-corrected chi connectivity index (χ0v) is 18.6. The van der Waals surface area contributed by atoms with Crippen LogP contribution in [0.4, 0.5) is 0 Å². The predicted octanol–water partition coefficient (Wildman–Crippen LogP) is 2.98. The monoisotopic (exact) mass is 410 g/mol. The van der Waals surface area contributed by atoms with Gasteiger partial charge in [0.15, 0.2) is 0 Å². The van der Waals surface area contributed by atoms with Gasteiger partial charge in [0.1, 0.15) is 0 Å². The Hall–Kier alpha value is -1.76. The normalized spacial score (nSPS) is 20.2. The Morgan fingerprint density at radius 2 is 1.77 bits per heavy atom. The van der Waals surface area contributed by atoms with E-state index in [4.69, 9.17) is 0 Å². The minimum absolute atomic E-state index is 0.819. The lowest BCUT2D eigenvalue weighted by Crippen LogP contribution is -2.48. The van der Waals surface area contributed by atoms with Crippen LogP contribution in [0.25, 0.3) is 0 Å². The fraction of sp³-hybridized carbons (Fsp3) is 0.667. The van der Waals surface area contributed by atoms with Gasteiger partial charge in [0, 0.05) is 57.0 Å². The highest BCUT2D eigenvalue weighted by molar-refractivity contribution is 5.09. The first-order valence-electron chi connectivity index (χ1n) is 11.8. The van der Waals surface area contributed by atoms with Crippen molar-refractivity contribution in [3.63, 3.8) is 0 Å². The Labute approximate surface area is 181 Å². The Kier molecular flexibility index (Phi) is 7.89. The van der Waals surface area contributed by atoms with Crippen LogP contribution in [0, 0.1) is 5.92 Å². The van der Waals surface area contributed by atoms with Crippen LogP contribution in [0.3, 0.4) is 0 Å². The summed E-state index contributed by atoms with van der Waals surface area (Å²) in [5, 5.41) is 4.35. The summed E-state index contributed by atoms with van der Waals surface area (Å²) in [6.07, 6.45) is 14.3. The third-order valence-corrected chi connectivity index (χ3v) is 6.95. The van der Waals surface area contributed by atoms with Gasteiger partial charge in [0.25, 0.3) is 0 Å². The van der Waals surface area contributed by atoms with Crippen LogP contribution in [0.2, 0.25) is 0 Å². The van der Waals surface area contributed by atoms with E-state index in [2.05, 4.69) is 50.2 Å². The van der Waals surface area contributed by atoms with Crippen molar-refractivity contribution >= 4 is 0 Å². The zero-order valence-electron chi connectivity index (χ0n) is 18.6. The average Bonchev–Trinajstić information content (AvgIpc) is 3.29. The summed E-state index contributed by atoms with van der Waals surface area (Å²) in [4.78, 5) is 12.1. The van der Waals surface area contributed by atoms with Crippen molar-refractivity contribution in [1.82, 2.24) is 29.5 Å². The van der Waals surface area contributed by atoms with Crippen LogP contribution in [0.15, 0.2) is 43.0 Å². The lowest BCUT2D eigenvalue weighted by atomic mass is 9.93. The van der Waals surface area contributed by atoms with Gasteiger partial charge >= 0.3 is 0 Å². The number of hydrogen-bond donors (Lipinski definition) is 0. The standard InChI is InChI=1S/C24H38N6/c1-27-16-8-24(9-17-27)29-18-6-23(7-19-29)21-28(20-22-4-11-25-12-5-22)13-3-15-30-14-2-10-26-30/h2,4-5,10-12,14,23-24H,3,6-9,13,15-21H2,1H3. The molecule has 2 aromatic heterocycles. The Morgan fingerprint density at radius 3 is 2.47 bits per heavy atom. The smallest absolute Gasteiger partial charge is 0.0489 e. The van der Waals surface area contributed by atoms with E-state index in [-0.39, 0.29) is 0 Å². The number of aromatic nitrogens is 3. The first-order valence-corrected chi connectivity index (χ1v) is 11.8. The summed E-state index contributed by atoms with van der Waals surface area (Å²) in [5.74, 6) is 0.819. The molecule has 2 aliphatic heterocycles. The first-order chi connectivity index (χ1) is 14.8. The summed E-state index contributed by atoms with van der Waals surface area (Å²) >= 11 is 0.